The minimum atomic E-state index is -0.235. The number of nitrogens with zero attached hydrogens (tertiary/aromatic N) is 3. The average molecular weight is 438 g/mol. The fourth-order valence-electron chi connectivity index (χ4n) is 2.96. The largest absolute Gasteiger partial charge is 0.497 e. The van der Waals surface area contributed by atoms with Crippen LogP contribution in [0.3, 0.4) is 0 Å². The monoisotopic (exact) mass is 437 g/mol. The lowest BCUT2D eigenvalue weighted by Gasteiger charge is -2.19. The van der Waals surface area contributed by atoms with Crippen LogP contribution in [0.1, 0.15) is 30.9 Å². The highest BCUT2D eigenvalue weighted by Gasteiger charge is 2.32. The SMILES string of the molecule is COc1cccc(N2C(=O)/C(=C\c3ccc(C(C)C)cc3)N=C2SCC(=O)N(C)C)c1. The summed E-state index contributed by atoms with van der Waals surface area (Å²) in [5.41, 5.74) is 3.11. The second-order valence-corrected chi connectivity index (χ2v) is 8.61. The number of benzene rings is 2. The standard InChI is InChI=1S/C24H27N3O3S/c1-16(2)18-11-9-17(10-12-18)13-21-23(29)27(19-7-6-8-20(14-19)30-5)24(25-21)31-15-22(28)26(3)4/h6-14,16H,15H2,1-5H3/b21-13+. The lowest BCUT2D eigenvalue weighted by Crippen LogP contribution is -2.32. The van der Waals surface area contributed by atoms with Crippen molar-refractivity contribution < 1.29 is 14.3 Å². The van der Waals surface area contributed by atoms with E-state index >= 15 is 0 Å². The maximum absolute atomic E-state index is 13.3. The molecule has 31 heavy (non-hydrogen) atoms. The fourth-order valence-corrected chi connectivity index (χ4v) is 3.95. The van der Waals surface area contributed by atoms with Gasteiger partial charge in [0.2, 0.25) is 5.91 Å². The van der Waals surface area contributed by atoms with Crippen LogP contribution < -0.4 is 9.64 Å². The summed E-state index contributed by atoms with van der Waals surface area (Å²) in [4.78, 5) is 33.0. The van der Waals surface area contributed by atoms with Crippen LogP contribution in [0.25, 0.3) is 6.08 Å². The molecule has 0 radical (unpaired) electrons. The summed E-state index contributed by atoms with van der Waals surface area (Å²) in [5, 5.41) is 0.471. The van der Waals surface area contributed by atoms with Crippen LogP contribution >= 0.6 is 11.8 Å². The van der Waals surface area contributed by atoms with E-state index in [0.717, 1.165) is 5.56 Å². The van der Waals surface area contributed by atoms with Gasteiger partial charge in [-0.05, 0) is 35.3 Å². The number of hydrogen-bond acceptors (Lipinski definition) is 5. The van der Waals surface area contributed by atoms with E-state index in [1.54, 1.807) is 33.3 Å². The Labute approximate surface area is 187 Å². The lowest BCUT2D eigenvalue weighted by molar-refractivity contribution is -0.125. The topological polar surface area (TPSA) is 62.2 Å². The Morgan fingerprint density at radius 1 is 1.19 bits per heavy atom. The van der Waals surface area contributed by atoms with E-state index in [1.165, 1.54) is 27.1 Å². The Hall–Kier alpha value is -3.06. The smallest absolute Gasteiger partial charge is 0.283 e. The summed E-state index contributed by atoms with van der Waals surface area (Å²) in [6, 6.07) is 15.3. The fraction of sp³-hybridized carbons (Fsp3) is 0.292. The van der Waals surface area contributed by atoms with Crippen LogP contribution in [-0.4, -0.2) is 48.8 Å². The normalized spacial score (nSPS) is 14.9. The van der Waals surface area contributed by atoms with E-state index < -0.39 is 0 Å². The molecule has 0 saturated carbocycles. The van der Waals surface area contributed by atoms with Gasteiger partial charge < -0.3 is 9.64 Å². The van der Waals surface area contributed by atoms with Crippen LogP contribution in [0.4, 0.5) is 5.69 Å². The third kappa shape index (κ3) is 5.35. The van der Waals surface area contributed by atoms with E-state index in [0.29, 0.717) is 28.2 Å². The van der Waals surface area contributed by atoms with Gasteiger partial charge in [-0.2, -0.15) is 0 Å². The second-order valence-electron chi connectivity index (χ2n) is 7.66. The predicted octanol–water partition coefficient (Wildman–Crippen LogP) is 4.38. The van der Waals surface area contributed by atoms with Gasteiger partial charge in [0.25, 0.3) is 5.91 Å². The van der Waals surface area contributed by atoms with Gasteiger partial charge in [-0.1, -0.05) is 55.9 Å². The molecule has 7 heteroatoms. The molecule has 0 fully saturated rings. The van der Waals surface area contributed by atoms with Gasteiger partial charge >= 0.3 is 0 Å². The molecule has 1 heterocycles. The molecule has 0 aromatic heterocycles. The van der Waals surface area contributed by atoms with Crippen molar-refractivity contribution in [2.75, 3.05) is 31.9 Å². The molecule has 162 valence electrons. The molecule has 0 aliphatic carbocycles. The third-order valence-corrected chi connectivity index (χ3v) is 5.79. The van der Waals surface area contributed by atoms with E-state index in [1.807, 2.05) is 30.3 Å². The Bertz CT molecular complexity index is 1030. The molecule has 1 aliphatic heterocycles. The summed E-state index contributed by atoms with van der Waals surface area (Å²) >= 11 is 1.24. The second kappa shape index (κ2) is 9.83. The maximum atomic E-state index is 13.3. The summed E-state index contributed by atoms with van der Waals surface area (Å²) in [5.74, 6) is 0.985. The Morgan fingerprint density at radius 3 is 2.52 bits per heavy atom. The van der Waals surface area contributed by atoms with Crippen molar-refractivity contribution in [2.45, 2.75) is 19.8 Å². The van der Waals surface area contributed by atoms with Crippen molar-refractivity contribution in [3.05, 3.63) is 65.4 Å². The number of amidine groups is 1. The highest BCUT2D eigenvalue weighted by Crippen LogP contribution is 2.31. The van der Waals surface area contributed by atoms with Crippen molar-refractivity contribution in [3.8, 4) is 5.75 Å². The molecule has 2 aromatic rings. The molecule has 2 aromatic carbocycles. The first-order chi connectivity index (χ1) is 14.8. The minimum Gasteiger partial charge on any atom is -0.497 e. The number of amides is 2. The van der Waals surface area contributed by atoms with E-state index in [-0.39, 0.29) is 17.6 Å². The van der Waals surface area contributed by atoms with Gasteiger partial charge in [0.1, 0.15) is 11.4 Å². The molecule has 0 bridgehead atoms. The van der Waals surface area contributed by atoms with Crippen LogP contribution in [0.2, 0.25) is 0 Å². The summed E-state index contributed by atoms with van der Waals surface area (Å²) in [6.07, 6.45) is 1.78. The van der Waals surface area contributed by atoms with Gasteiger partial charge in [-0.25, -0.2) is 4.99 Å². The van der Waals surface area contributed by atoms with Gasteiger partial charge in [0.15, 0.2) is 5.17 Å². The molecule has 1 aliphatic rings. The van der Waals surface area contributed by atoms with Crippen molar-refractivity contribution >= 4 is 40.5 Å². The number of thioether (sulfide) groups is 1. The molecule has 0 spiro atoms. The molecule has 0 saturated heterocycles. The van der Waals surface area contributed by atoms with Gasteiger partial charge in [0, 0.05) is 20.2 Å². The number of rotatable bonds is 6. The van der Waals surface area contributed by atoms with Crippen molar-refractivity contribution in [1.82, 2.24) is 4.90 Å². The maximum Gasteiger partial charge on any atom is 0.283 e. The summed E-state index contributed by atoms with van der Waals surface area (Å²) in [7, 11) is 4.99. The van der Waals surface area contributed by atoms with Gasteiger partial charge in [0.05, 0.1) is 18.6 Å². The Balaban J connectivity index is 1.94. The first-order valence-electron chi connectivity index (χ1n) is 10.0. The molecule has 0 atom stereocenters. The third-order valence-electron chi connectivity index (χ3n) is 4.87. The van der Waals surface area contributed by atoms with E-state index in [4.69, 9.17) is 4.74 Å². The van der Waals surface area contributed by atoms with Crippen LogP contribution in [0, 0.1) is 0 Å². The predicted molar refractivity (Wildman–Crippen MR) is 128 cm³/mol. The van der Waals surface area contributed by atoms with Crippen LogP contribution in [0.15, 0.2) is 59.2 Å². The van der Waals surface area contributed by atoms with Crippen LogP contribution in [-0.2, 0) is 9.59 Å². The Kier molecular flexibility index (Phi) is 7.17. The minimum absolute atomic E-state index is 0.0487. The average Bonchev–Trinajstić information content (AvgIpc) is 3.07. The summed E-state index contributed by atoms with van der Waals surface area (Å²) in [6.45, 7) is 4.28. The number of aliphatic imine (C=N–C) groups is 1. The molecular weight excluding hydrogens is 410 g/mol. The molecular formula is C24H27N3O3S. The number of anilines is 1. The first-order valence-corrected chi connectivity index (χ1v) is 11.0. The highest BCUT2D eigenvalue weighted by atomic mass is 32.2. The molecule has 3 rings (SSSR count). The van der Waals surface area contributed by atoms with E-state index in [2.05, 4.69) is 31.0 Å². The number of carbonyl (C=O) groups excluding carboxylic acids is 2. The van der Waals surface area contributed by atoms with Crippen LogP contribution in [0.5, 0.6) is 5.75 Å². The van der Waals surface area contributed by atoms with Crippen molar-refractivity contribution in [2.24, 2.45) is 4.99 Å². The van der Waals surface area contributed by atoms with Crippen molar-refractivity contribution in [3.63, 3.8) is 0 Å². The zero-order valence-electron chi connectivity index (χ0n) is 18.5. The number of ether oxygens (including phenoxy) is 1. The molecule has 6 nitrogen and oxygen atoms in total. The number of hydrogen-bond donors (Lipinski definition) is 0. The number of methoxy groups -OCH3 is 1. The molecule has 0 unspecified atom stereocenters. The lowest BCUT2D eigenvalue weighted by atomic mass is 10.0. The van der Waals surface area contributed by atoms with Gasteiger partial charge in [-0.3, -0.25) is 14.5 Å². The Morgan fingerprint density at radius 2 is 1.90 bits per heavy atom. The number of carbonyl (C=O) groups is 2. The summed E-state index contributed by atoms with van der Waals surface area (Å²) < 4.78 is 5.31. The molecule has 2 amide bonds. The zero-order chi connectivity index (χ0) is 22.5. The van der Waals surface area contributed by atoms with E-state index in [9.17, 15) is 9.59 Å². The first kappa shape index (κ1) is 22.6. The van der Waals surface area contributed by atoms with Crippen molar-refractivity contribution in [1.29, 1.82) is 0 Å². The zero-order valence-corrected chi connectivity index (χ0v) is 19.3. The quantitative estimate of drug-likeness (QED) is 0.629. The molecule has 0 N–H and O–H groups in total. The highest BCUT2D eigenvalue weighted by molar-refractivity contribution is 8.14. The van der Waals surface area contributed by atoms with Gasteiger partial charge in [-0.15, -0.1) is 0 Å².